The molecule has 0 N–H and O–H groups in total. The van der Waals surface area contributed by atoms with Gasteiger partial charge >= 0.3 is 0 Å². The second kappa shape index (κ2) is 7.95. The fourth-order valence-corrected chi connectivity index (χ4v) is 4.38. The molecule has 0 bridgehead atoms. The molecule has 1 fully saturated rings. The minimum absolute atomic E-state index is 0.0769. The van der Waals surface area contributed by atoms with Crippen molar-refractivity contribution in [1.29, 1.82) is 0 Å². The van der Waals surface area contributed by atoms with E-state index in [4.69, 9.17) is 12.7 Å². The number of hydrogen-bond donors (Lipinski definition) is 0. The van der Waals surface area contributed by atoms with Gasteiger partial charge in [0.25, 0.3) is 5.56 Å². The van der Waals surface area contributed by atoms with Crippen LogP contribution in [-0.4, -0.2) is 39.2 Å². The van der Waals surface area contributed by atoms with Crippen LogP contribution in [0.25, 0.3) is 11.0 Å². The van der Waals surface area contributed by atoms with Gasteiger partial charge in [0.15, 0.2) is 5.58 Å². The van der Waals surface area contributed by atoms with Gasteiger partial charge in [0.2, 0.25) is 0 Å². The van der Waals surface area contributed by atoms with Crippen LogP contribution in [0.3, 0.4) is 0 Å². The van der Waals surface area contributed by atoms with Crippen LogP contribution >= 0.6 is 0 Å². The van der Waals surface area contributed by atoms with Gasteiger partial charge in [-0.25, -0.2) is 9.37 Å². The van der Waals surface area contributed by atoms with Crippen molar-refractivity contribution in [3.63, 3.8) is 0 Å². The lowest BCUT2D eigenvalue weighted by atomic mass is 9.91. The van der Waals surface area contributed by atoms with Crippen molar-refractivity contribution in [3.8, 4) is 0 Å². The number of aryl methyl sites for hydroxylation is 2. The summed E-state index contributed by atoms with van der Waals surface area (Å²) in [5.74, 6) is -0.270. The summed E-state index contributed by atoms with van der Waals surface area (Å²) >= 11 is 0. The highest BCUT2D eigenvalue weighted by molar-refractivity contribution is 5.79. The van der Waals surface area contributed by atoms with Gasteiger partial charge in [-0.15, -0.1) is 0 Å². The summed E-state index contributed by atoms with van der Waals surface area (Å²) in [6.45, 7) is 0.825. The SMILES string of the molecule is [2H]C1([2H])Cc2nc(C)c(CCN3CCC(c4noc5cc(F)ccc45)CC3)c(=O)n2C([2H])([2H])C1([2H])[2H]. The average Bonchev–Trinajstić information content (AvgIpc) is 3.20. The molecule has 30 heavy (non-hydrogen) atoms. The Morgan fingerprint density at radius 1 is 1.30 bits per heavy atom. The molecule has 4 heterocycles. The van der Waals surface area contributed by atoms with Crippen LogP contribution in [0.15, 0.2) is 27.5 Å². The van der Waals surface area contributed by atoms with E-state index in [0.29, 0.717) is 34.4 Å². The zero-order chi connectivity index (χ0) is 26.0. The van der Waals surface area contributed by atoms with Crippen molar-refractivity contribution >= 4 is 11.0 Å². The molecule has 0 unspecified atom stereocenters. The highest BCUT2D eigenvalue weighted by Crippen LogP contribution is 2.32. The first-order valence-corrected chi connectivity index (χ1v) is 10.2. The Hall–Kier alpha value is -2.54. The number of piperidine rings is 1. The van der Waals surface area contributed by atoms with Gasteiger partial charge in [0.05, 0.1) is 5.69 Å². The minimum Gasteiger partial charge on any atom is -0.356 e. The van der Waals surface area contributed by atoms with Gasteiger partial charge in [0, 0.05) is 56.3 Å². The number of hydrogen-bond acceptors (Lipinski definition) is 5. The Balaban J connectivity index is 1.31. The quantitative estimate of drug-likeness (QED) is 0.650. The van der Waals surface area contributed by atoms with Crippen molar-refractivity contribution in [2.75, 3.05) is 19.6 Å². The molecule has 0 spiro atoms. The van der Waals surface area contributed by atoms with E-state index in [1.807, 2.05) is 0 Å². The smallest absolute Gasteiger partial charge is 0.256 e. The van der Waals surface area contributed by atoms with E-state index in [-0.39, 0.29) is 17.6 Å². The van der Waals surface area contributed by atoms with E-state index >= 15 is 0 Å². The highest BCUT2D eigenvalue weighted by atomic mass is 19.1. The van der Waals surface area contributed by atoms with Gasteiger partial charge in [-0.1, -0.05) is 5.16 Å². The molecule has 2 aliphatic rings. The molecule has 158 valence electrons. The third-order valence-corrected chi connectivity index (χ3v) is 6.07. The molecule has 0 atom stereocenters. The average molecular weight is 417 g/mol. The Labute approximate surface area is 183 Å². The molecule has 6 nitrogen and oxygen atoms in total. The maximum atomic E-state index is 13.4. The first kappa shape index (κ1) is 13.7. The normalized spacial score (nSPS) is 26.1. The molecular formula is C23H27FN4O2. The number of rotatable bonds is 4. The van der Waals surface area contributed by atoms with E-state index in [1.165, 1.54) is 12.1 Å². The lowest BCUT2D eigenvalue weighted by molar-refractivity contribution is 0.211. The predicted molar refractivity (Wildman–Crippen MR) is 112 cm³/mol. The summed E-state index contributed by atoms with van der Waals surface area (Å²) in [5, 5.41) is 4.99. The molecule has 0 saturated carbocycles. The minimum atomic E-state index is -2.90. The van der Waals surface area contributed by atoms with Crippen LogP contribution in [-0.2, 0) is 19.3 Å². The molecule has 7 heteroatoms. The van der Waals surface area contributed by atoms with E-state index < -0.39 is 31.2 Å². The fourth-order valence-electron chi connectivity index (χ4n) is 4.38. The van der Waals surface area contributed by atoms with Crippen molar-refractivity contribution < 1.29 is 17.1 Å². The van der Waals surface area contributed by atoms with Crippen molar-refractivity contribution in [1.82, 2.24) is 19.6 Å². The van der Waals surface area contributed by atoms with Crippen LogP contribution < -0.4 is 5.56 Å². The first-order chi connectivity index (χ1) is 16.8. The lowest BCUT2D eigenvalue weighted by Crippen LogP contribution is -2.37. The summed E-state index contributed by atoms with van der Waals surface area (Å²) < 4.78 is 68.2. The van der Waals surface area contributed by atoms with E-state index in [9.17, 15) is 9.18 Å². The maximum absolute atomic E-state index is 13.4. The summed E-state index contributed by atoms with van der Waals surface area (Å²) in [6, 6.07) is 4.42. The summed E-state index contributed by atoms with van der Waals surface area (Å²) in [7, 11) is 0. The number of aromatic nitrogens is 3. The third-order valence-electron chi connectivity index (χ3n) is 6.07. The zero-order valence-corrected chi connectivity index (χ0v) is 16.7. The molecule has 0 aliphatic carbocycles. The second-order valence-corrected chi connectivity index (χ2v) is 7.90. The van der Waals surface area contributed by atoms with Crippen molar-refractivity contribution in [2.24, 2.45) is 0 Å². The Kier molecular flexibility index (Phi) is 3.63. The molecule has 2 aromatic heterocycles. The first-order valence-electron chi connectivity index (χ1n) is 13.2. The Morgan fingerprint density at radius 2 is 2.13 bits per heavy atom. The van der Waals surface area contributed by atoms with Crippen molar-refractivity contribution in [2.45, 2.75) is 57.8 Å². The number of likely N-dealkylation sites (tertiary alicyclic amines) is 1. The number of halogens is 1. The monoisotopic (exact) mass is 416 g/mol. The molecule has 5 rings (SSSR count). The Bertz CT molecular complexity index is 1380. The van der Waals surface area contributed by atoms with E-state index in [2.05, 4.69) is 15.0 Å². The predicted octanol–water partition coefficient (Wildman–Crippen LogP) is 3.59. The van der Waals surface area contributed by atoms with Gasteiger partial charge in [-0.05, 0) is 64.2 Å². The highest BCUT2D eigenvalue weighted by Gasteiger charge is 2.25. The number of benzene rings is 1. The van der Waals surface area contributed by atoms with Gasteiger partial charge in [-0.3, -0.25) is 9.36 Å². The van der Waals surface area contributed by atoms with Gasteiger partial charge in [-0.2, -0.15) is 0 Å². The zero-order valence-electron chi connectivity index (χ0n) is 22.7. The molecule has 1 saturated heterocycles. The molecule has 1 aromatic carbocycles. The molecule has 2 aliphatic heterocycles. The fraction of sp³-hybridized carbons (Fsp3) is 0.522. The third kappa shape index (κ3) is 3.55. The molecule has 0 radical (unpaired) electrons. The topological polar surface area (TPSA) is 64.2 Å². The lowest BCUT2D eigenvalue weighted by Gasteiger charge is -2.31. The van der Waals surface area contributed by atoms with Crippen LogP contribution in [0.1, 0.15) is 62.5 Å². The second-order valence-electron chi connectivity index (χ2n) is 7.90. The van der Waals surface area contributed by atoms with E-state index in [0.717, 1.165) is 37.0 Å². The molecule has 3 aromatic rings. The number of nitrogens with zero attached hydrogens (tertiary/aromatic N) is 4. The maximum Gasteiger partial charge on any atom is 0.256 e. The van der Waals surface area contributed by atoms with Crippen LogP contribution in [0, 0.1) is 12.7 Å². The van der Waals surface area contributed by atoms with Crippen LogP contribution in [0.4, 0.5) is 4.39 Å². The molecule has 0 amide bonds. The Morgan fingerprint density at radius 3 is 2.97 bits per heavy atom. The standard InChI is InChI=1S/C23H27FN4O2/c1-15-18(23(29)28-10-3-2-4-21(28)25-15)9-13-27-11-7-16(8-12-27)22-19-6-5-17(24)14-20(19)30-26-22/h5-6,14,16H,2-4,7-13H2,1H3/i2D2,3D2,10D2. The van der Waals surface area contributed by atoms with Crippen LogP contribution in [0.2, 0.25) is 0 Å². The summed E-state index contributed by atoms with van der Waals surface area (Å²) in [6.07, 6.45) is -3.93. The summed E-state index contributed by atoms with van der Waals surface area (Å²) in [4.78, 5) is 19.8. The van der Waals surface area contributed by atoms with Gasteiger partial charge < -0.3 is 9.42 Å². The molecular weight excluding hydrogens is 383 g/mol. The summed E-state index contributed by atoms with van der Waals surface area (Å²) in [5.41, 5.74) is 1.33. The van der Waals surface area contributed by atoms with E-state index in [1.54, 1.807) is 13.0 Å². The van der Waals surface area contributed by atoms with Crippen molar-refractivity contribution in [3.05, 3.63) is 57.1 Å². The van der Waals surface area contributed by atoms with Gasteiger partial charge in [0.1, 0.15) is 11.6 Å². The van der Waals surface area contributed by atoms with Crippen LogP contribution in [0.5, 0.6) is 0 Å². The number of fused-ring (bicyclic) bond motifs is 2. The largest absolute Gasteiger partial charge is 0.356 e.